The van der Waals surface area contributed by atoms with Gasteiger partial charge in [-0.15, -0.1) is 0 Å². The number of hydrogen-bond donors (Lipinski definition) is 2. The van der Waals surface area contributed by atoms with E-state index >= 15 is 0 Å². The zero-order valence-electron chi connectivity index (χ0n) is 9.96. The fraction of sp³-hybridized carbons (Fsp3) is 0.600. The molecule has 0 aromatic heterocycles. The first-order valence-electron chi connectivity index (χ1n) is 5.04. The van der Waals surface area contributed by atoms with E-state index in [2.05, 4.69) is 12.5 Å². The topological polar surface area (TPSA) is 68.2 Å². The second-order valence-corrected chi connectivity index (χ2v) is 9.38. The summed E-state index contributed by atoms with van der Waals surface area (Å²) in [4.78, 5) is 18.5. The average Bonchev–Trinajstić information content (AvgIpc) is 2.22. The molecular formula is C10H17Cl2O5P. The molecule has 0 aromatic carbocycles. The first kappa shape index (κ1) is 18.1. The molecule has 18 heavy (non-hydrogen) atoms. The van der Waals surface area contributed by atoms with E-state index in [1.807, 2.05) is 0 Å². The summed E-state index contributed by atoms with van der Waals surface area (Å²) in [6.07, 6.45) is 5.48. The molecule has 0 fully saturated rings. The Hall–Kier alpha value is 0.110. The van der Waals surface area contributed by atoms with Crippen molar-refractivity contribution >= 4 is 28.5 Å². The fourth-order valence-corrected chi connectivity index (χ4v) is 2.22. The van der Waals surface area contributed by atoms with Gasteiger partial charge in [-0.2, -0.15) is 0 Å². The fourth-order valence-electron chi connectivity index (χ4n) is 0.931. The minimum absolute atomic E-state index is 0.00375. The molecule has 0 saturated heterocycles. The Labute approximate surface area is 116 Å². The van der Waals surface area contributed by atoms with Crippen LogP contribution in [0.2, 0.25) is 0 Å². The molecule has 0 rings (SSSR count). The van der Waals surface area contributed by atoms with Crippen molar-refractivity contribution in [2.24, 2.45) is 0 Å². The van der Waals surface area contributed by atoms with Crippen LogP contribution >= 0.6 is 28.5 Å². The molecule has 0 radical (unpaired) electrons. The van der Waals surface area contributed by atoms with Gasteiger partial charge in [0.25, 0.3) is 0 Å². The summed E-state index contributed by atoms with van der Waals surface area (Å²) in [6, 6.07) is 0. The Bertz CT molecular complexity index is 300. The van der Waals surface area contributed by atoms with Crippen LogP contribution in [0, 0.1) is 12.3 Å². The van der Waals surface area contributed by atoms with Crippen LogP contribution in [-0.2, 0) is 14.0 Å². The monoisotopic (exact) mass is 318 g/mol. The molecule has 2 atom stereocenters. The summed E-state index contributed by atoms with van der Waals surface area (Å²) in [5.74, 6) is -2.86. The Morgan fingerprint density at radius 3 is 2.50 bits per heavy atom. The Balaban J connectivity index is 4.34. The van der Waals surface area contributed by atoms with Crippen molar-refractivity contribution in [2.75, 3.05) is 19.8 Å². The predicted octanol–water partition coefficient (Wildman–Crippen LogP) is 2.20. The SMILES string of the molecule is C#CCOCC(COC(C)C=C)OP(O)(O)(Cl)Cl. The van der Waals surface area contributed by atoms with E-state index in [0.717, 1.165) is 0 Å². The summed E-state index contributed by atoms with van der Waals surface area (Å²) in [5.41, 5.74) is 0. The summed E-state index contributed by atoms with van der Waals surface area (Å²) >= 11 is 10.5. The van der Waals surface area contributed by atoms with Gasteiger partial charge >= 0.3 is 116 Å². The summed E-state index contributed by atoms with van der Waals surface area (Å²) in [5, 5.41) is 0. The Kier molecular flexibility index (Phi) is 7.69. The maximum atomic E-state index is 9.26. The van der Waals surface area contributed by atoms with Gasteiger partial charge in [0.05, 0.1) is 0 Å². The van der Waals surface area contributed by atoms with Crippen molar-refractivity contribution in [1.29, 1.82) is 0 Å². The van der Waals surface area contributed by atoms with Crippen LogP contribution in [0.5, 0.6) is 0 Å². The van der Waals surface area contributed by atoms with Gasteiger partial charge in [-0.1, -0.05) is 0 Å². The van der Waals surface area contributed by atoms with Gasteiger partial charge in [0.1, 0.15) is 0 Å². The van der Waals surface area contributed by atoms with Gasteiger partial charge in [0, 0.05) is 0 Å². The molecular weight excluding hydrogens is 302 g/mol. The molecule has 0 bridgehead atoms. The van der Waals surface area contributed by atoms with Gasteiger partial charge in [-0.05, 0) is 0 Å². The van der Waals surface area contributed by atoms with E-state index in [0.29, 0.717) is 0 Å². The summed E-state index contributed by atoms with van der Waals surface area (Å²) in [6.45, 7) is 5.30. The number of rotatable bonds is 9. The van der Waals surface area contributed by atoms with Crippen molar-refractivity contribution in [2.45, 2.75) is 19.1 Å². The molecule has 0 aromatic rings. The second kappa shape index (κ2) is 7.64. The van der Waals surface area contributed by atoms with Crippen LogP contribution in [0.25, 0.3) is 0 Å². The molecule has 0 amide bonds. The predicted molar refractivity (Wildman–Crippen MR) is 73.2 cm³/mol. The van der Waals surface area contributed by atoms with Crippen molar-refractivity contribution in [3.05, 3.63) is 12.7 Å². The first-order chi connectivity index (χ1) is 8.14. The van der Waals surface area contributed by atoms with Gasteiger partial charge in [-0.25, -0.2) is 0 Å². The van der Waals surface area contributed by atoms with Gasteiger partial charge in [-0.3, -0.25) is 0 Å². The van der Waals surface area contributed by atoms with Crippen LogP contribution in [0.4, 0.5) is 0 Å². The Morgan fingerprint density at radius 1 is 1.44 bits per heavy atom. The number of hydrogen-bond acceptors (Lipinski definition) is 5. The van der Waals surface area contributed by atoms with E-state index < -0.39 is 12.1 Å². The maximum absolute atomic E-state index is 9.26. The van der Waals surface area contributed by atoms with Crippen LogP contribution in [0.3, 0.4) is 0 Å². The average molecular weight is 319 g/mol. The standard InChI is InChI=1S/C10H17Cl2O5P/c1-4-6-15-7-10(8-16-9(3)5-2)17-18(11,12,13)14/h1,5,9-10,13-14H,2,6-8H2,3H3. The van der Waals surface area contributed by atoms with E-state index in [1.54, 1.807) is 13.0 Å². The van der Waals surface area contributed by atoms with E-state index in [1.165, 1.54) is 0 Å². The molecule has 0 spiro atoms. The molecule has 0 aliphatic carbocycles. The quantitative estimate of drug-likeness (QED) is 0.295. The van der Waals surface area contributed by atoms with Crippen molar-refractivity contribution in [3.63, 3.8) is 0 Å². The molecule has 0 aliphatic heterocycles. The molecule has 5 nitrogen and oxygen atoms in total. The number of ether oxygens (including phenoxy) is 2. The van der Waals surface area contributed by atoms with Gasteiger partial charge in [0.2, 0.25) is 0 Å². The molecule has 2 N–H and O–H groups in total. The van der Waals surface area contributed by atoms with Crippen molar-refractivity contribution < 1.29 is 23.8 Å². The molecule has 106 valence electrons. The normalized spacial score (nSPS) is 17.2. The zero-order valence-corrected chi connectivity index (χ0v) is 12.4. The van der Waals surface area contributed by atoms with Crippen LogP contribution in [-0.4, -0.2) is 41.8 Å². The minimum atomic E-state index is -5.12. The molecule has 0 aliphatic rings. The number of halogens is 2. The second-order valence-electron chi connectivity index (χ2n) is 3.48. The first-order valence-corrected chi connectivity index (χ1v) is 8.91. The summed E-state index contributed by atoms with van der Waals surface area (Å²) < 4.78 is 15.1. The molecule has 0 saturated carbocycles. The van der Waals surface area contributed by atoms with Gasteiger partial charge < -0.3 is 0 Å². The van der Waals surface area contributed by atoms with E-state index in [4.69, 9.17) is 42.9 Å². The number of terminal acetylenes is 1. The Morgan fingerprint density at radius 2 is 2.06 bits per heavy atom. The summed E-state index contributed by atoms with van der Waals surface area (Å²) in [7, 11) is 0. The molecule has 2 unspecified atom stereocenters. The third-order valence-electron chi connectivity index (χ3n) is 1.69. The zero-order chi connectivity index (χ0) is 14.3. The third-order valence-corrected chi connectivity index (χ3v) is 2.81. The van der Waals surface area contributed by atoms with E-state index in [-0.39, 0.29) is 25.9 Å². The van der Waals surface area contributed by atoms with E-state index in [9.17, 15) is 9.79 Å². The van der Waals surface area contributed by atoms with Crippen molar-refractivity contribution in [3.8, 4) is 12.3 Å². The van der Waals surface area contributed by atoms with Crippen LogP contribution in [0.1, 0.15) is 6.92 Å². The van der Waals surface area contributed by atoms with Crippen LogP contribution in [0.15, 0.2) is 12.7 Å². The molecule has 0 heterocycles. The van der Waals surface area contributed by atoms with Gasteiger partial charge in [0.15, 0.2) is 0 Å². The van der Waals surface area contributed by atoms with Crippen molar-refractivity contribution in [1.82, 2.24) is 0 Å². The third kappa shape index (κ3) is 11.2. The van der Waals surface area contributed by atoms with Crippen LogP contribution < -0.4 is 0 Å². The molecule has 8 heteroatoms.